The molecule has 1 heterocycles. The maximum absolute atomic E-state index is 11.5. The Kier molecular flexibility index (Phi) is 6.17. The Morgan fingerprint density at radius 2 is 2.04 bits per heavy atom. The van der Waals surface area contributed by atoms with E-state index < -0.39 is 11.9 Å². The summed E-state index contributed by atoms with van der Waals surface area (Å²) in [5.41, 5.74) is 12.0. The van der Waals surface area contributed by atoms with E-state index in [2.05, 4.69) is 25.9 Å². The Labute approximate surface area is 149 Å². The molecular weight excluding hydrogens is 338 g/mol. The first-order chi connectivity index (χ1) is 12.4. The van der Waals surface area contributed by atoms with Gasteiger partial charge in [0, 0.05) is 31.0 Å². The van der Waals surface area contributed by atoms with Crippen LogP contribution in [0.15, 0.2) is 30.5 Å². The number of nitrogens with one attached hydrogen (secondary N) is 3. The second-order valence-electron chi connectivity index (χ2n) is 5.33. The van der Waals surface area contributed by atoms with E-state index in [1.54, 1.807) is 24.3 Å². The summed E-state index contributed by atoms with van der Waals surface area (Å²) in [5, 5.41) is 8.36. The molecular formula is C16H19N7O3. The van der Waals surface area contributed by atoms with Crippen LogP contribution >= 0.6 is 0 Å². The summed E-state index contributed by atoms with van der Waals surface area (Å²) < 4.78 is 0. The third kappa shape index (κ3) is 4.98. The van der Waals surface area contributed by atoms with Gasteiger partial charge in [0.05, 0.1) is 11.6 Å². The molecule has 0 aliphatic heterocycles. The van der Waals surface area contributed by atoms with Gasteiger partial charge in [-0.3, -0.25) is 9.59 Å². The van der Waals surface area contributed by atoms with E-state index in [-0.39, 0.29) is 29.8 Å². The molecule has 2 amide bonds. The minimum absolute atomic E-state index is 0.0211. The molecule has 0 fully saturated rings. The average Bonchev–Trinajstić information content (AvgIpc) is 2.59. The molecule has 0 bridgehead atoms. The van der Waals surface area contributed by atoms with Gasteiger partial charge in [0.1, 0.15) is 12.1 Å². The van der Waals surface area contributed by atoms with Crippen molar-refractivity contribution in [2.45, 2.75) is 13.0 Å². The van der Waals surface area contributed by atoms with Gasteiger partial charge in [0.15, 0.2) is 0 Å². The highest BCUT2D eigenvalue weighted by molar-refractivity contribution is 5.97. The van der Waals surface area contributed by atoms with E-state index in [0.29, 0.717) is 17.7 Å². The molecule has 0 radical (unpaired) electrons. The van der Waals surface area contributed by atoms with Crippen LogP contribution < -0.4 is 27.4 Å². The molecule has 26 heavy (non-hydrogen) atoms. The average molecular weight is 357 g/mol. The van der Waals surface area contributed by atoms with Crippen LogP contribution in [0.1, 0.15) is 17.3 Å². The third-order valence-corrected chi connectivity index (χ3v) is 3.23. The van der Waals surface area contributed by atoms with Crippen molar-refractivity contribution in [2.24, 2.45) is 11.5 Å². The van der Waals surface area contributed by atoms with Crippen molar-refractivity contribution in [3.8, 4) is 0 Å². The number of amides is 2. The molecule has 10 heteroatoms. The molecule has 2 rings (SSSR count). The number of anilines is 4. The number of aldehydes is 1. The fourth-order valence-electron chi connectivity index (χ4n) is 2.06. The Morgan fingerprint density at radius 1 is 1.31 bits per heavy atom. The van der Waals surface area contributed by atoms with Crippen molar-refractivity contribution in [2.75, 3.05) is 22.5 Å². The van der Waals surface area contributed by atoms with Crippen molar-refractivity contribution in [1.82, 2.24) is 9.97 Å². The summed E-state index contributed by atoms with van der Waals surface area (Å²) in [6.07, 6.45) is 1.85. The van der Waals surface area contributed by atoms with Crippen LogP contribution in [0.25, 0.3) is 0 Å². The highest BCUT2D eigenvalue weighted by Gasteiger charge is 2.15. The van der Waals surface area contributed by atoms with Crippen LogP contribution in [0.2, 0.25) is 0 Å². The number of carbonyl (C=O) groups excluding carboxylic acids is 3. The van der Waals surface area contributed by atoms with E-state index >= 15 is 0 Å². The minimum Gasteiger partial charge on any atom is -0.365 e. The number of hydrogen-bond acceptors (Lipinski definition) is 8. The molecule has 0 aliphatic carbocycles. The second-order valence-corrected chi connectivity index (χ2v) is 5.33. The predicted molar refractivity (Wildman–Crippen MR) is 97.1 cm³/mol. The van der Waals surface area contributed by atoms with E-state index in [0.717, 1.165) is 0 Å². The molecule has 1 aromatic heterocycles. The molecule has 0 spiro atoms. The van der Waals surface area contributed by atoms with Crippen LogP contribution in [0.4, 0.5) is 23.1 Å². The molecule has 1 unspecified atom stereocenters. The molecule has 136 valence electrons. The summed E-state index contributed by atoms with van der Waals surface area (Å²) in [5.74, 6) is -0.680. The van der Waals surface area contributed by atoms with Crippen LogP contribution in [-0.2, 0) is 9.59 Å². The first kappa shape index (κ1) is 18.8. The van der Waals surface area contributed by atoms with Gasteiger partial charge in [0.2, 0.25) is 11.9 Å². The van der Waals surface area contributed by atoms with Crippen molar-refractivity contribution in [3.63, 3.8) is 0 Å². The first-order valence-corrected chi connectivity index (χ1v) is 7.66. The van der Waals surface area contributed by atoms with E-state index in [4.69, 9.17) is 11.5 Å². The minimum atomic E-state index is -0.742. The highest BCUT2D eigenvalue weighted by atomic mass is 16.1. The van der Waals surface area contributed by atoms with Crippen molar-refractivity contribution < 1.29 is 14.4 Å². The monoisotopic (exact) mass is 357 g/mol. The van der Waals surface area contributed by atoms with Crippen LogP contribution in [0.3, 0.4) is 0 Å². The topological polar surface area (TPSA) is 165 Å². The molecule has 0 saturated heterocycles. The number of nitrogens with zero attached hydrogens (tertiary/aromatic N) is 2. The molecule has 0 aliphatic rings. The van der Waals surface area contributed by atoms with Gasteiger partial charge in [-0.2, -0.15) is 4.98 Å². The standard InChI is InChI=1S/C16H19N7O3/c1-9(25)20-10-3-2-4-11(5-10)22-16-19-7-13(14(18)26)15(23-16)21-12(6-17)8-24/h2-5,7-8,12H,6,17H2,1H3,(H2,18,26)(H,20,25)(H2,19,21,22,23). The number of rotatable bonds is 8. The normalized spacial score (nSPS) is 11.3. The molecule has 2 aromatic rings. The number of primary amides is 1. The van der Waals surface area contributed by atoms with Gasteiger partial charge >= 0.3 is 0 Å². The molecule has 0 saturated carbocycles. The maximum atomic E-state index is 11.5. The number of benzene rings is 1. The molecule has 10 nitrogen and oxygen atoms in total. The lowest BCUT2D eigenvalue weighted by Gasteiger charge is -2.14. The fourth-order valence-corrected chi connectivity index (χ4v) is 2.06. The zero-order chi connectivity index (χ0) is 19.1. The van der Waals surface area contributed by atoms with Crippen LogP contribution in [-0.4, -0.2) is 40.7 Å². The number of hydrogen-bond donors (Lipinski definition) is 5. The molecule has 7 N–H and O–H groups in total. The number of nitrogens with two attached hydrogens (primary N) is 2. The van der Waals surface area contributed by atoms with Gasteiger partial charge in [0.25, 0.3) is 5.91 Å². The zero-order valence-electron chi connectivity index (χ0n) is 14.0. The summed E-state index contributed by atoms with van der Waals surface area (Å²) in [6.45, 7) is 1.43. The Balaban J connectivity index is 2.28. The lowest BCUT2D eigenvalue weighted by Crippen LogP contribution is -2.32. The summed E-state index contributed by atoms with van der Waals surface area (Å²) in [7, 11) is 0. The third-order valence-electron chi connectivity index (χ3n) is 3.23. The Morgan fingerprint density at radius 3 is 2.65 bits per heavy atom. The van der Waals surface area contributed by atoms with Crippen molar-refractivity contribution in [3.05, 3.63) is 36.0 Å². The summed E-state index contributed by atoms with van der Waals surface area (Å²) >= 11 is 0. The maximum Gasteiger partial charge on any atom is 0.254 e. The molecule has 1 atom stereocenters. The quantitative estimate of drug-likeness (QED) is 0.418. The van der Waals surface area contributed by atoms with Crippen LogP contribution in [0, 0.1) is 0 Å². The summed E-state index contributed by atoms with van der Waals surface area (Å²) in [6, 6.07) is 6.18. The van der Waals surface area contributed by atoms with Gasteiger partial charge in [-0.1, -0.05) is 6.07 Å². The lowest BCUT2D eigenvalue weighted by atomic mass is 10.2. The second kappa shape index (κ2) is 8.53. The van der Waals surface area contributed by atoms with Gasteiger partial charge in [-0.25, -0.2) is 4.98 Å². The number of aromatic nitrogens is 2. The summed E-state index contributed by atoms with van der Waals surface area (Å²) in [4.78, 5) is 41.8. The Bertz CT molecular complexity index is 825. The zero-order valence-corrected chi connectivity index (χ0v) is 14.0. The van der Waals surface area contributed by atoms with E-state index in [1.807, 2.05) is 0 Å². The van der Waals surface area contributed by atoms with Crippen molar-refractivity contribution in [1.29, 1.82) is 0 Å². The highest BCUT2D eigenvalue weighted by Crippen LogP contribution is 2.20. The number of carbonyl (C=O) groups is 3. The Hall–Kier alpha value is -3.53. The van der Waals surface area contributed by atoms with Gasteiger partial charge in [-0.05, 0) is 18.2 Å². The predicted octanol–water partition coefficient (Wildman–Crippen LogP) is 0.216. The smallest absolute Gasteiger partial charge is 0.254 e. The van der Waals surface area contributed by atoms with Gasteiger partial charge < -0.3 is 32.2 Å². The first-order valence-electron chi connectivity index (χ1n) is 7.66. The SMILES string of the molecule is CC(=O)Nc1cccc(Nc2ncc(C(N)=O)c(NC(C=O)CN)n2)c1. The lowest BCUT2D eigenvalue weighted by molar-refractivity contribution is -0.114. The van der Waals surface area contributed by atoms with Crippen LogP contribution in [0.5, 0.6) is 0 Å². The van der Waals surface area contributed by atoms with E-state index in [1.165, 1.54) is 13.1 Å². The van der Waals surface area contributed by atoms with E-state index in [9.17, 15) is 14.4 Å². The fraction of sp³-hybridized carbons (Fsp3) is 0.188. The van der Waals surface area contributed by atoms with Crippen molar-refractivity contribution >= 4 is 41.2 Å². The largest absolute Gasteiger partial charge is 0.365 e. The van der Waals surface area contributed by atoms with Gasteiger partial charge in [-0.15, -0.1) is 0 Å². The molecule has 1 aromatic carbocycles.